The minimum absolute atomic E-state index is 0.416. The summed E-state index contributed by atoms with van der Waals surface area (Å²) in [4.78, 5) is 4.47. The van der Waals surface area contributed by atoms with Crippen molar-refractivity contribution in [1.29, 1.82) is 0 Å². The van der Waals surface area contributed by atoms with E-state index in [-0.39, 0.29) is 0 Å². The lowest BCUT2D eigenvalue weighted by molar-refractivity contribution is 0.580. The summed E-state index contributed by atoms with van der Waals surface area (Å²) in [5.41, 5.74) is 2.47. The number of aromatic nitrogens is 1. The Bertz CT molecular complexity index is 522. The quantitative estimate of drug-likeness (QED) is 0.728. The smallest absolute Gasteiger partial charge is 0.0705 e. The minimum Gasteiger partial charge on any atom is -0.309 e. The molecule has 0 bridgehead atoms. The molecule has 1 aromatic heterocycles. The third-order valence-electron chi connectivity index (χ3n) is 3.33. The summed E-state index contributed by atoms with van der Waals surface area (Å²) in [5.74, 6) is 2.36. The predicted octanol–water partition coefficient (Wildman–Crippen LogP) is 4.42. The molecule has 108 valence electrons. The van der Waals surface area contributed by atoms with Gasteiger partial charge in [-0.1, -0.05) is 32.0 Å². The lowest BCUT2D eigenvalue weighted by Gasteiger charge is -2.20. The van der Waals surface area contributed by atoms with E-state index in [0.29, 0.717) is 6.04 Å². The Balaban J connectivity index is 2.24. The molecule has 1 N–H and O–H groups in total. The Kier molecular flexibility index (Phi) is 6.34. The molecule has 0 saturated carbocycles. The molecule has 3 heteroatoms. The van der Waals surface area contributed by atoms with Crippen molar-refractivity contribution >= 4 is 22.7 Å². The van der Waals surface area contributed by atoms with Crippen LogP contribution in [0.15, 0.2) is 36.5 Å². The van der Waals surface area contributed by atoms with Crippen molar-refractivity contribution in [2.45, 2.75) is 32.7 Å². The van der Waals surface area contributed by atoms with Crippen LogP contribution in [0.5, 0.6) is 0 Å². The monoisotopic (exact) mass is 288 g/mol. The van der Waals surface area contributed by atoms with Crippen molar-refractivity contribution in [2.24, 2.45) is 0 Å². The van der Waals surface area contributed by atoms with E-state index < -0.39 is 0 Å². The fraction of sp³-hybridized carbons (Fsp3) is 0.471. The number of hydrogen-bond donors (Lipinski definition) is 1. The van der Waals surface area contributed by atoms with Gasteiger partial charge in [-0.25, -0.2) is 0 Å². The molecule has 0 aliphatic heterocycles. The van der Waals surface area contributed by atoms with E-state index in [0.717, 1.165) is 24.2 Å². The number of rotatable bonds is 8. The van der Waals surface area contributed by atoms with Gasteiger partial charge in [-0.2, -0.15) is 11.8 Å². The van der Waals surface area contributed by atoms with Gasteiger partial charge in [0.25, 0.3) is 0 Å². The molecule has 1 unspecified atom stereocenters. The predicted molar refractivity (Wildman–Crippen MR) is 90.4 cm³/mol. The fourth-order valence-electron chi connectivity index (χ4n) is 2.35. The fourth-order valence-corrected chi connectivity index (χ4v) is 3.34. The van der Waals surface area contributed by atoms with Gasteiger partial charge in [-0.3, -0.25) is 4.98 Å². The van der Waals surface area contributed by atoms with Crippen LogP contribution in [0, 0.1) is 0 Å². The number of fused-ring (bicyclic) bond motifs is 1. The topological polar surface area (TPSA) is 24.9 Å². The molecule has 0 aliphatic rings. The Labute approximate surface area is 126 Å². The summed E-state index contributed by atoms with van der Waals surface area (Å²) in [6.07, 6.45) is 4.27. The second-order valence-electron chi connectivity index (χ2n) is 5.00. The van der Waals surface area contributed by atoms with Crippen molar-refractivity contribution in [2.75, 3.05) is 18.1 Å². The van der Waals surface area contributed by atoms with Crippen LogP contribution in [0.2, 0.25) is 0 Å². The summed E-state index contributed by atoms with van der Waals surface area (Å²) in [5, 5.41) is 4.97. The molecule has 2 aromatic rings. The van der Waals surface area contributed by atoms with Gasteiger partial charge >= 0.3 is 0 Å². The number of thioether (sulfide) groups is 1. The second kappa shape index (κ2) is 8.28. The molecular formula is C17H24N2S. The SMILES string of the molecule is CCCNC(CSCCC)c1cccc2ncccc12. The Morgan fingerprint density at radius 3 is 2.85 bits per heavy atom. The minimum atomic E-state index is 0.416. The maximum atomic E-state index is 4.47. The summed E-state index contributed by atoms with van der Waals surface area (Å²) in [6, 6.07) is 11.1. The molecule has 0 saturated heterocycles. The van der Waals surface area contributed by atoms with Gasteiger partial charge in [0.1, 0.15) is 0 Å². The molecule has 0 fully saturated rings. The molecule has 1 aromatic carbocycles. The average molecular weight is 288 g/mol. The first kappa shape index (κ1) is 15.3. The highest BCUT2D eigenvalue weighted by atomic mass is 32.2. The van der Waals surface area contributed by atoms with Crippen LogP contribution in [0.1, 0.15) is 38.3 Å². The van der Waals surface area contributed by atoms with Gasteiger partial charge in [0, 0.05) is 23.4 Å². The van der Waals surface area contributed by atoms with Gasteiger partial charge in [0.05, 0.1) is 5.52 Å². The summed E-state index contributed by atoms with van der Waals surface area (Å²) >= 11 is 2.03. The molecule has 0 aliphatic carbocycles. The molecule has 2 nitrogen and oxygen atoms in total. The summed E-state index contributed by atoms with van der Waals surface area (Å²) < 4.78 is 0. The molecule has 1 atom stereocenters. The van der Waals surface area contributed by atoms with Crippen LogP contribution >= 0.6 is 11.8 Å². The molecule has 20 heavy (non-hydrogen) atoms. The van der Waals surface area contributed by atoms with Crippen molar-refractivity contribution in [3.05, 3.63) is 42.1 Å². The van der Waals surface area contributed by atoms with E-state index in [1.54, 1.807) is 0 Å². The maximum Gasteiger partial charge on any atom is 0.0705 e. The van der Waals surface area contributed by atoms with E-state index >= 15 is 0 Å². The van der Waals surface area contributed by atoms with Crippen molar-refractivity contribution in [3.63, 3.8) is 0 Å². The number of benzene rings is 1. The van der Waals surface area contributed by atoms with Crippen LogP contribution in [-0.4, -0.2) is 23.0 Å². The van der Waals surface area contributed by atoms with Gasteiger partial charge in [0.2, 0.25) is 0 Å². The second-order valence-corrected chi connectivity index (χ2v) is 6.15. The van der Waals surface area contributed by atoms with Gasteiger partial charge < -0.3 is 5.32 Å². The number of hydrogen-bond acceptors (Lipinski definition) is 3. The Hall–Kier alpha value is -1.06. The maximum absolute atomic E-state index is 4.47. The lowest BCUT2D eigenvalue weighted by Crippen LogP contribution is -2.24. The Morgan fingerprint density at radius 1 is 1.15 bits per heavy atom. The first-order chi connectivity index (χ1) is 9.86. The standard InChI is InChI=1S/C17H24N2S/c1-3-10-18-17(13-20-12-4-2)15-7-5-9-16-14(15)8-6-11-19-16/h5-9,11,17-18H,3-4,10,12-13H2,1-2H3. The number of nitrogens with zero attached hydrogens (tertiary/aromatic N) is 1. The normalized spacial score (nSPS) is 12.7. The average Bonchev–Trinajstić information content (AvgIpc) is 2.50. The zero-order valence-corrected chi connectivity index (χ0v) is 13.2. The highest BCUT2D eigenvalue weighted by Gasteiger charge is 2.13. The van der Waals surface area contributed by atoms with Crippen LogP contribution in [0.3, 0.4) is 0 Å². The van der Waals surface area contributed by atoms with E-state index in [9.17, 15) is 0 Å². The molecule has 2 rings (SSSR count). The Morgan fingerprint density at radius 2 is 2.05 bits per heavy atom. The van der Waals surface area contributed by atoms with E-state index in [1.165, 1.54) is 23.1 Å². The summed E-state index contributed by atoms with van der Waals surface area (Å²) in [7, 11) is 0. The summed E-state index contributed by atoms with van der Waals surface area (Å²) in [6.45, 7) is 5.52. The third-order valence-corrected chi connectivity index (χ3v) is 4.59. The van der Waals surface area contributed by atoms with Crippen molar-refractivity contribution in [1.82, 2.24) is 10.3 Å². The van der Waals surface area contributed by atoms with Gasteiger partial charge in [-0.05, 0) is 42.8 Å². The van der Waals surface area contributed by atoms with Crippen LogP contribution in [0.25, 0.3) is 10.9 Å². The molecule has 0 radical (unpaired) electrons. The first-order valence-electron chi connectivity index (χ1n) is 7.51. The zero-order chi connectivity index (χ0) is 14.2. The largest absolute Gasteiger partial charge is 0.309 e. The molecule has 0 amide bonds. The van der Waals surface area contributed by atoms with E-state index in [4.69, 9.17) is 0 Å². The molecule has 1 heterocycles. The van der Waals surface area contributed by atoms with E-state index in [1.807, 2.05) is 24.0 Å². The highest BCUT2D eigenvalue weighted by Crippen LogP contribution is 2.26. The lowest BCUT2D eigenvalue weighted by atomic mass is 10.0. The first-order valence-corrected chi connectivity index (χ1v) is 8.67. The van der Waals surface area contributed by atoms with Crippen LogP contribution in [-0.2, 0) is 0 Å². The van der Waals surface area contributed by atoms with Crippen LogP contribution in [0.4, 0.5) is 0 Å². The molecular weight excluding hydrogens is 264 g/mol. The van der Waals surface area contributed by atoms with Crippen LogP contribution < -0.4 is 5.32 Å². The third kappa shape index (κ3) is 3.97. The van der Waals surface area contributed by atoms with Gasteiger partial charge in [0.15, 0.2) is 0 Å². The van der Waals surface area contributed by atoms with E-state index in [2.05, 4.69) is 48.4 Å². The van der Waals surface area contributed by atoms with Crippen molar-refractivity contribution < 1.29 is 0 Å². The van der Waals surface area contributed by atoms with Gasteiger partial charge in [-0.15, -0.1) is 0 Å². The number of pyridine rings is 1. The van der Waals surface area contributed by atoms with Crippen molar-refractivity contribution in [3.8, 4) is 0 Å². The zero-order valence-electron chi connectivity index (χ0n) is 12.4. The highest BCUT2D eigenvalue weighted by molar-refractivity contribution is 7.99. The number of nitrogens with one attached hydrogen (secondary N) is 1. The molecule has 0 spiro atoms.